The summed E-state index contributed by atoms with van der Waals surface area (Å²) in [4.78, 5) is 20.3. The van der Waals surface area contributed by atoms with Gasteiger partial charge in [0.25, 0.3) is 5.91 Å². The third-order valence-corrected chi connectivity index (χ3v) is 11.5. The monoisotopic (exact) mass is 519 g/mol. The van der Waals surface area contributed by atoms with Crippen molar-refractivity contribution in [2.75, 3.05) is 0 Å². The van der Waals surface area contributed by atoms with Crippen LogP contribution in [0.3, 0.4) is 0 Å². The molecule has 1 amide bonds. The fourth-order valence-corrected chi connectivity index (χ4v) is 5.37. The van der Waals surface area contributed by atoms with Crippen LogP contribution in [-0.2, 0) is 4.43 Å². The van der Waals surface area contributed by atoms with E-state index >= 15 is 0 Å². The van der Waals surface area contributed by atoms with Gasteiger partial charge in [-0.25, -0.2) is 9.37 Å². The maximum Gasteiger partial charge on any atom is 0.267 e. The number of carbonyl (C=O) groups is 1. The van der Waals surface area contributed by atoms with Gasteiger partial charge in [0.05, 0.1) is 6.10 Å². The van der Waals surface area contributed by atoms with E-state index in [9.17, 15) is 9.18 Å². The minimum atomic E-state index is -1.95. The van der Waals surface area contributed by atoms with E-state index in [1.807, 2.05) is 6.07 Å². The zero-order valence-corrected chi connectivity index (χ0v) is 22.1. The van der Waals surface area contributed by atoms with Crippen LogP contribution < -0.4 is 5.73 Å². The van der Waals surface area contributed by atoms with Crippen LogP contribution in [-0.4, -0.2) is 30.3 Å². The number of halogens is 2. The molecule has 2 atom stereocenters. The van der Waals surface area contributed by atoms with Gasteiger partial charge in [-0.15, -0.1) is 0 Å². The van der Waals surface area contributed by atoms with Crippen LogP contribution in [0.15, 0.2) is 35.2 Å². The number of allylic oxidation sites excluding steroid dienone is 1. The molecule has 1 aliphatic carbocycles. The van der Waals surface area contributed by atoms with Gasteiger partial charge in [-0.2, -0.15) is 0 Å². The summed E-state index contributed by atoms with van der Waals surface area (Å²) in [5.74, 6) is -0.869. The molecule has 2 N–H and O–H groups in total. The van der Waals surface area contributed by atoms with Gasteiger partial charge in [0.15, 0.2) is 14.1 Å². The quantitative estimate of drug-likeness (QED) is 0.368. The van der Waals surface area contributed by atoms with Crippen LogP contribution in [0.4, 0.5) is 4.39 Å². The number of amides is 1. The molecule has 172 valence electrons. The summed E-state index contributed by atoms with van der Waals surface area (Å²) in [6.07, 6.45) is 7.34. The Balaban J connectivity index is 2.10. The Morgan fingerprint density at radius 2 is 1.97 bits per heavy atom. The first-order valence-electron chi connectivity index (χ1n) is 10.8. The van der Waals surface area contributed by atoms with Crippen molar-refractivity contribution in [3.8, 4) is 11.1 Å². The average molecular weight is 521 g/mol. The lowest BCUT2D eigenvalue weighted by molar-refractivity contribution is 0.0996. The number of hydrogen-bond acceptors (Lipinski definition) is 4. The highest BCUT2D eigenvalue weighted by molar-refractivity contribution is 9.10. The number of aromatic nitrogens is 2. The predicted molar refractivity (Wildman–Crippen MR) is 132 cm³/mol. The van der Waals surface area contributed by atoms with Gasteiger partial charge in [0.1, 0.15) is 10.3 Å². The number of nitrogens with two attached hydrogens (primary N) is 1. The maximum absolute atomic E-state index is 14.4. The van der Waals surface area contributed by atoms with Crippen molar-refractivity contribution in [2.24, 2.45) is 11.7 Å². The van der Waals surface area contributed by atoms with Gasteiger partial charge in [-0.1, -0.05) is 33.8 Å². The molecule has 0 fully saturated rings. The van der Waals surface area contributed by atoms with Crippen molar-refractivity contribution in [1.29, 1.82) is 0 Å². The second-order valence-electron chi connectivity index (χ2n) is 10.1. The molecular weight excluding hydrogens is 489 g/mol. The lowest BCUT2D eigenvalue weighted by Gasteiger charge is -2.40. The van der Waals surface area contributed by atoms with E-state index < -0.39 is 20.0 Å². The number of carbonyl (C=O) groups excluding carboxylic acids is 1. The highest BCUT2D eigenvalue weighted by atomic mass is 79.9. The summed E-state index contributed by atoms with van der Waals surface area (Å²) in [7, 11) is -1.95. The molecule has 2 aromatic rings. The molecule has 0 saturated carbocycles. The zero-order chi connectivity index (χ0) is 23.8. The average Bonchev–Trinajstić information content (AvgIpc) is 2.68. The number of hydrogen-bond donors (Lipinski definition) is 1. The summed E-state index contributed by atoms with van der Waals surface area (Å²) < 4.78 is 21.0. The third kappa shape index (κ3) is 5.18. The van der Waals surface area contributed by atoms with Gasteiger partial charge < -0.3 is 10.2 Å². The summed E-state index contributed by atoms with van der Waals surface area (Å²) in [5, 5.41) is 0.112. The Morgan fingerprint density at radius 1 is 1.28 bits per heavy atom. The van der Waals surface area contributed by atoms with Gasteiger partial charge in [0, 0.05) is 23.5 Å². The van der Waals surface area contributed by atoms with E-state index in [2.05, 4.69) is 72.8 Å². The molecule has 2 unspecified atom stereocenters. The summed E-state index contributed by atoms with van der Waals surface area (Å²) in [6, 6.07) is 3.18. The van der Waals surface area contributed by atoms with Crippen LogP contribution in [0, 0.1) is 11.7 Å². The Kier molecular flexibility index (Phi) is 7.07. The molecule has 0 bridgehead atoms. The second-order valence-corrected chi connectivity index (χ2v) is 15.6. The molecular formula is C24H31BrFN3O2Si. The van der Waals surface area contributed by atoms with Crippen molar-refractivity contribution in [2.45, 2.75) is 64.8 Å². The van der Waals surface area contributed by atoms with Gasteiger partial charge in [0.2, 0.25) is 0 Å². The molecule has 5 nitrogen and oxygen atoms in total. The van der Waals surface area contributed by atoms with Gasteiger partial charge in [-0.3, -0.25) is 9.78 Å². The first-order chi connectivity index (χ1) is 14.8. The first-order valence-corrected chi connectivity index (χ1v) is 14.5. The van der Waals surface area contributed by atoms with E-state index in [1.165, 1.54) is 6.07 Å². The highest BCUT2D eigenvalue weighted by Crippen LogP contribution is 2.42. The molecule has 0 radical (unpaired) electrons. The highest BCUT2D eigenvalue weighted by Gasteiger charge is 2.39. The fraction of sp³-hybridized carbons (Fsp3) is 0.458. The SMILES string of the molecule is CC1CC(c2ccncc2-c2cc(F)c(Br)nc2C(N)=O)=CC(O[Si](C)(C)C(C)(C)C)C1. The minimum Gasteiger partial charge on any atom is -0.411 e. The van der Waals surface area contributed by atoms with E-state index in [0.717, 1.165) is 24.0 Å². The molecule has 2 heterocycles. The van der Waals surface area contributed by atoms with Crippen molar-refractivity contribution in [3.63, 3.8) is 0 Å². The van der Waals surface area contributed by atoms with Crippen LogP contribution in [0.5, 0.6) is 0 Å². The number of pyridine rings is 2. The fourth-order valence-electron chi connectivity index (χ4n) is 3.80. The number of rotatable bonds is 5. The topological polar surface area (TPSA) is 78.1 Å². The summed E-state index contributed by atoms with van der Waals surface area (Å²) >= 11 is 3.04. The van der Waals surface area contributed by atoms with Crippen LogP contribution in [0.1, 0.15) is 56.6 Å². The van der Waals surface area contributed by atoms with Crippen molar-refractivity contribution in [1.82, 2.24) is 9.97 Å². The first kappa shape index (κ1) is 24.7. The Morgan fingerprint density at radius 3 is 2.59 bits per heavy atom. The van der Waals surface area contributed by atoms with Crippen molar-refractivity contribution < 1.29 is 13.6 Å². The molecule has 8 heteroatoms. The summed E-state index contributed by atoms with van der Waals surface area (Å²) in [6.45, 7) is 13.4. The third-order valence-electron chi connectivity index (χ3n) is 6.47. The van der Waals surface area contributed by atoms with Crippen molar-refractivity contribution >= 4 is 35.7 Å². The van der Waals surface area contributed by atoms with Crippen LogP contribution in [0.25, 0.3) is 16.7 Å². The van der Waals surface area contributed by atoms with E-state index in [-0.39, 0.29) is 21.4 Å². The Hall–Kier alpha value is -1.90. The summed E-state index contributed by atoms with van der Waals surface area (Å²) in [5.41, 5.74) is 8.52. The lowest BCUT2D eigenvalue weighted by Crippen LogP contribution is -2.44. The van der Waals surface area contributed by atoms with Crippen LogP contribution >= 0.6 is 15.9 Å². The minimum absolute atomic E-state index is 0.00560. The van der Waals surface area contributed by atoms with Crippen LogP contribution in [0.2, 0.25) is 18.1 Å². The maximum atomic E-state index is 14.4. The molecule has 0 spiro atoms. The van der Waals surface area contributed by atoms with E-state index in [1.54, 1.807) is 12.4 Å². The standard InChI is InChI=1S/C24H31BrFN3O2Si/c1-14-9-15(11-16(10-14)31-32(5,6)24(2,3)4)17-7-8-28-13-19(17)18-12-20(26)22(25)29-21(18)23(27)30/h7-8,11-14,16H,9-10H2,1-6H3,(H2,27,30). The molecule has 0 aliphatic heterocycles. The van der Waals surface area contributed by atoms with Crippen molar-refractivity contribution in [3.05, 3.63) is 52.3 Å². The molecule has 0 saturated heterocycles. The Bertz CT molecular complexity index is 1070. The van der Waals surface area contributed by atoms with Gasteiger partial charge in [-0.05, 0) is 76.1 Å². The molecule has 1 aliphatic rings. The lowest BCUT2D eigenvalue weighted by atomic mass is 9.83. The van der Waals surface area contributed by atoms with E-state index in [4.69, 9.17) is 10.2 Å². The molecule has 3 rings (SSSR count). The smallest absolute Gasteiger partial charge is 0.267 e. The Labute approximate surface area is 198 Å². The van der Waals surface area contributed by atoms with E-state index in [0.29, 0.717) is 17.0 Å². The molecule has 0 aromatic carbocycles. The largest absolute Gasteiger partial charge is 0.411 e. The van der Waals surface area contributed by atoms with Gasteiger partial charge >= 0.3 is 0 Å². The molecule has 32 heavy (non-hydrogen) atoms. The number of nitrogens with zero attached hydrogens (tertiary/aromatic N) is 2. The normalized spacial score (nSPS) is 19.6. The molecule has 2 aromatic heterocycles. The zero-order valence-electron chi connectivity index (χ0n) is 19.5. The second kappa shape index (κ2) is 9.15. The number of primary amides is 1. The predicted octanol–water partition coefficient (Wildman–Crippen LogP) is 6.35.